The van der Waals surface area contributed by atoms with E-state index in [4.69, 9.17) is 9.47 Å². The first-order valence-corrected chi connectivity index (χ1v) is 11.9. The number of carbonyl (C=O) groups excluding carboxylic acids is 2. The van der Waals surface area contributed by atoms with Crippen LogP contribution < -0.4 is 5.32 Å². The van der Waals surface area contributed by atoms with Crippen molar-refractivity contribution in [3.8, 4) is 0 Å². The maximum absolute atomic E-state index is 12.7. The van der Waals surface area contributed by atoms with Gasteiger partial charge in [0.15, 0.2) is 6.10 Å². The lowest BCUT2D eigenvalue weighted by atomic mass is 10.0. The van der Waals surface area contributed by atoms with Crippen LogP contribution in [0.4, 0.5) is 5.69 Å². The fraction of sp³-hybridized carbons (Fsp3) is 0.391. The maximum Gasteiger partial charge on any atom is 0.338 e. The molecule has 1 fully saturated rings. The first-order valence-electron chi connectivity index (χ1n) is 10.5. The van der Waals surface area contributed by atoms with Crippen molar-refractivity contribution in [1.29, 1.82) is 0 Å². The van der Waals surface area contributed by atoms with Crippen LogP contribution in [0.2, 0.25) is 0 Å². The minimum atomic E-state index is -3.65. The van der Waals surface area contributed by atoms with Crippen molar-refractivity contribution in [1.82, 2.24) is 4.31 Å². The molecule has 1 aliphatic heterocycles. The van der Waals surface area contributed by atoms with Crippen LogP contribution in [-0.2, 0) is 24.3 Å². The fourth-order valence-corrected chi connectivity index (χ4v) is 4.58. The molecule has 1 saturated heterocycles. The van der Waals surface area contributed by atoms with E-state index in [9.17, 15) is 18.0 Å². The molecular formula is C23H28N2O6S. The van der Waals surface area contributed by atoms with Gasteiger partial charge in [-0.05, 0) is 54.8 Å². The number of nitrogens with one attached hydrogen (secondary N) is 1. The Balaban J connectivity index is 1.59. The number of hydrogen-bond donors (Lipinski definition) is 1. The quantitative estimate of drug-likeness (QED) is 0.638. The largest absolute Gasteiger partial charge is 0.449 e. The molecule has 1 heterocycles. The molecule has 1 N–H and O–H groups in total. The van der Waals surface area contributed by atoms with Crippen LogP contribution in [0.1, 0.15) is 42.6 Å². The van der Waals surface area contributed by atoms with E-state index in [0.717, 1.165) is 5.56 Å². The van der Waals surface area contributed by atoms with E-state index in [-0.39, 0.29) is 10.5 Å². The number of carbonyl (C=O) groups is 2. The van der Waals surface area contributed by atoms with Crippen molar-refractivity contribution in [3.63, 3.8) is 0 Å². The standard InChI is InChI=1S/C23H28N2O6S/c1-16(2)18-4-8-20(9-5-18)24-22(26)17(3)31-23(27)19-6-10-21(11-7-19)32(28,29)25-12-14-30-15-13-25/h4-11,16-17H,12-15H2,1-3H3,(H,24,26). The van der Waals surface area contributed by atoms with Crippen molar-refractivity contribution in [2.24, 2.45) is 0 Å². The summed E-state index contributed by atoms with van der Waals surface area (Å²) in [5, 5.41) is 2.72. The van der Waals surface area contributed by atoms with Gasteiger partial charge in [-0.2, -0.15) is 4.31 Å². The van der Waals surface area contributed by atoms with Crippen LogP contribution in [0.3, 0.4) is 0 Å². The van der Waals surface area contributed by atoms with E-state index in [0.29, 0.717) is 37.9 Å². The summed E-state index contributed by atoms with van der Waals surface area (Å²) in [4.78, 5) is 24.9. The minimum Gasteiger partial charge on any atom is -0.449 e. The summed E-state index contributed by atoms with van der Waals surface area (Å²) in [5.41, 5.74) is 1.92. The van der Waals surface area contributed by atoms with Crippen molar-refractivity contribution in [3.05, 3.63) is 59.7 Å². The highest BCUT2D eigenvalue weighted by atomic mass is 32.2. The summed E-state index contributed by atoms with van der Waals surface area (Å²) in [5.74, 6) is -0.782. The van der Waals surface area contributed by atoms with E-state index in [1.165, 1.54) is 35.5 Å². The molecule has 1 aliphatic rings. The van der Waals surface area contributed by atoms with Gasteiger partial charge >= 0.3 is 5.97 Å². The van der Waals surface area contributed by atoms with Crippen LogP contribution in [0.15, 0.2) is 53.4 Å². The number of benzene rings is 2. The Morgan fingerprint density at radius 2 is 1.56 bits per heavy atom. The van der Waals surface area contributed by atoms with Gasteiger partial charge in [-0.3, -0.25) is 4.79 Å². The molecule has 0 bridgehead atoms. The molecular weight excluding hydrogens is 432 g/mol. The number of hydrogen-bond acceptors (Lipinski definition) is 6. The molecule has 1 amide bonds. The third-order valence-corrected chi connectivity index (χ3v) is 7.11. The van der Waals surface area contributed by atoms with Gasteiger partial charge in [0.2, 0.25) is 10.0 Å². The molecule has 0 spiro atoms. The van der Waals surface area contributed by atoms with Crippen LogP contribution in [0, 0.1) is 0 Å². The van der Waals surface area contributed by atoms with Crippen LogP contribution in [-0.4, -0.2) is 57.0 Å². The summed E-state index contributed by atoms with van der Waals surface area (Å²) in [6.07, 6.45) is -1.02. The van der Waals surface area contributed by atoms with Crippen LogP contribution in [0.5, 0.6) is 0 Å². The number of sulfonamides is 1. The normalized spacial score (nSPS) is 15.9. The highest BCUT2D eigenvalue weighted by Gasteiger charge is 2.27. The maximum atomic E-state index is 12.7. The zero-order valence-electron chi connectivity index (χ0n) is 18.4. The lowest BCUT2D eigenvalue weighted by molar-refractivity contribution is -0.123. The Kier molecular flexibility index (Phi) is 7.65. The number of esters is 1. The molecule has 0 radical (unpaired) electrons. The minimum absolute atomic E-state index is 0.0894. The van der Waals surface area contributed by atoms with E-state index in [1.807, 2.05) is 12.1 Å². The Morgan fingerprint density at radius 3 is 2.12 bits per heavy atom. The molecule has 0 saturated carbocycles. The van der Waals surface area contributed by atoms with Crippen LogP contribution >= 0.6 is 0 Å². The third-order valence-electron chi connectivity index (χ3n) is 5.20. The second-order valence-corrected chi connectivity index (χ2v) is 9.79. The van der Waals surface area contributed by atoms with Gasteiger partial charge in [0, 0.05) is 18.8 Å². The van der Waals surface area contributed by atoms with Crippen molar-refractivity contribution < 1.29 is 27.5 Å². The Morgan fingerprint density at radius 1 is 0.969 bits per heavy atom. The number of ether oxygens (including phenoxy) is 2. The number of morpholine rings is 1. The predicted molar refractivity (Wildman–Crippen MR) is 120 cm³/mol. The average Bonchev–Trinajstić information content (AvgIpc) is 2.80. The van der Waals surface area contributed by atoms with Gasteiger partial charge in [0.1, 0.15) is 0 Å². The van der Waals surface area contributed by atoms with E-state index in [2.05, 4.69) is 19.2 Å². The molecule has 32 heavy (non-hydrogen) atoms. The summed E-state index contributed by atoms with van der Waals surface area (Å²) in [6.45, 7) is 6.93. The lowest BCUT2D eigenvalue weighted by Crippen LogP contribution is -2.40. The second-order valence-electron chi connectivity index (χ2n) is 7.85. The monoisotopic (exact) mass is 460 g/mol. The number of rotatable bonds is 7. The molecule has 9 heteroatoms. The van der Waals surface area contributed by atoms with Crippen LogP contribution in [0.25, 0.3) is 0 Å². The fourth-order valence-electron chi connectivity index (χ4n) is 3.18. The average molecular weight is 461 g/mol. The second kappa shape index (κ2) is 10.2. The Hall–Kier alpha value is -2.75. The first kappa shape index (κ1) is 23.9. The number of amides is 1. The van der Waals surface area contributed by atoms with Gasteiger partial charge in [0.25, 0.3) is 5.91 Å². The van der Waals surface area contributed by atoms with Crippen molar-refractivity contribution >= 4 is 27.6 Å². The first-order chi connectivity index (χ1) is 15.2. The smallest absolute Gasteiger partial charge is 0.338 e. The molecule has 1 atom stereocenters. The summed E-state index contributed by atoms with van der Waals surface area (Å²) < 4.78 is 37.1. The SMILES string of the molecule is CC(OC(=O)c1ccc(S(=O)(=O)N2CCOCC2)cc1)C(=O)Nc1ccc(C(C)C)cc1. The summed E-state index contributed by atoms with van der Waals surface area (Å²) in [6, 6.07) is 13.0. The van der Waals surface area contributed by atoms with Gasteiger partial charge in [-0.15, -0.1) is 0 Å². The third kappa shape index (κ3) is 5.73. The highest BCUT2D eigenvalue weighted by Crippen LogP contribution is 2.19. The van der Waals surface area contributed by atoms with Gasteiger partial charge in [0.05, 0.1) is 23.7 Å². The molecule has 1 unspecified atom stereocenters. The molecule has 0 aromatic heterocycles. The molecule has 172 valence electrons. The van der Waals surface area contributed by atoms with Gasteiger partial charge < -0.3 is 14.8 Å². The van der Waals surface area contributed by atoms with Gasteiger partial charge in [-0.25, -0.2) is 13.2 Å². The highest BCUT2D eigenvalue weighted by molar-refractivity contribution is 7.89. The van der Waals surface area contributed by atoms with Crippen molar-refractivity contribution in [2.75, 3.05) is 31.6 Å². The Bertz CT molecular complexity index is 1040. The topological polar surface area (TPSA) is 102 Å². The molecule has 2 aromatic carbocycles. The van der Waals surface area contributed by atoms with E-state index in [1.54, 1.807) is 12.1 Å². The number of anilines is 1. The Labute approximate surface area is 188 Å². The summed E-state index contributed by atoms with van der Waals surface area (Å²) >= 11 is 0. The molecule has 8 nitrogen and oxygen atoms in total. The number of nitrogens with zero attached hydrogens (tertiary/aromatic N) is 1. The predicted octanol–water partition coefficient (Wildman–Crippen LogP) is 3.01. The van der Waals surface area contributed by atoms with E-state index < -0.39 is 28.0 Å². The lowest BCUT2D eigenvalue weighted by Gasteiger charge is -2.26. The molecule has 2 aromatic rings. The van der Waals surface area contributed by atoms with Crippen molar-refractivity contribution in [2.45, 2.75) is 37.7 Å². The summed E-state index contributed by atoms with van der Waals surface area (Å²) in [7, 11) is -3.65. The molecule has 0 aliphatic carbocycles. The van der Waals surface area contributed by atoms with E-state index >= 15 is 0 Å². The molecule has 3 rings (SSSR count). The zero-order valence-corrected chi connectivity index (χ0v) is 19.2. The van der Waals surface area contributed by atoms with Gasteiger partial charge in [-0.1, -0.05) is 26.0 Å². The zero-order chi connectivity index (χ0) is 23.3.